The number of ether oxygens (including phenoxy) is 2. The van der Waals surface area contributed by atoms with Crippen molar-refractivity contribution in [1.29, 1.82) is 10.5 Å². The lowest BCUT2D eigenvalue weighted by Crippen LogP contribution is -2.47. The van der Waals surface area contributed by atoms with Crippen LogP contribution in [-0.4, -0.2) is 48.7 Å². The van der Waals surface area contributed by atoms with Crippen LogP contribution >= 0.6 is 0 Å². The molecule has 1 aromatic carbocycles. The van der Waals surface area contributed by atoms with Crippen LogP contribution in [0.4, 0.5) is 0 Å². The van der Waals surface area contributed by atoms with E-state index in [1.54, 1.807) is 30.2 Å². The van der Waals surface area contributed by atoms with Crippen molar-refractivity contribution >= 4 is 5.91 Å². The highest BCUT2D eigenvalue weighted by atomic mass is 16.5. The highest BCUT2D eigenvalue weighted by molar-refractivity contribution is 5.80. The summed E-state index contributed by atoms with van der Waals surface area (Å²) in [6.45, 7) is 0.190. The van der Waals surface area contributed by atoms with Gasteiger partial charge in [-0.1, -0.05) is 5.92 Å². The maximum absolute atomic E-state index is 12.6. The Balaban J connectivity index is 1.47. The third-order valence-electron chi connectivity index (χ3n) is 5.82. The molecule has 1 N–H and O–H groups in total. The molecule has 2 fully saturated rings. The van der Waals surface area contributed by atoms with E-state index in [0.29, 0.717) is 29.9 Å². The van der Waals surface area contributed by atoms with Gasteiger partial charge in [0.25, 0.3) is 0 Å². The van der Waals surface area contributed by atoms with E-state index in [1.165, 1.54) is 0 Å². The molecule has 0 bridgehead atoms. The molecule has 1 aliphatic heterocycles. The molecule has 2 aliphatic rings. The van der Waals surface area contributed by atoms with E-state index in [2.05, 4.69) is 23.4 Å². The second-order valence-corrected chi connectivity index (χ2v) is 7.66. The molecule has 7 heteroatoms. The third-order valence-corrected chi connectivity index (χ3v) is 5.82. The first kappa shape index (κ1) is 21.5. The van der Waals surface area contributed by atoms with Crippen LogP contribution in [0, 0.1) is 35.0 Å². The first-order valence-electron chi connectivity index (χ1n) is 10.2. The van der Waals surface area contributed by atoms with Crippen molar-refractivity contribution in [2.45, 2.75) is 62.8 Å². The monoisotopic (exact) mass is 406 g/mol. The van der Waals surface area contributed by atoms with E-state index in [4.69, 9.17) is 21.2 Å². The molecular weight excluding hydrogens is 380 g/mol. The molecule has 1 saturated carbocycles. The summed E-state index contributed by atoms with van der Waals surface area (Å²) in [6.07, 6.45) is 10.4. The van der Waals surface area contributed by atoms with Crippen molar-refractivity contribution in [3.05, 3.63) is 23.8 Å². The zero-order chi connectivity index (χ0) is 21.5. The molecule has 3 rings (SSSR count). The minimum Gasteiger partial charge on any atom is -0.493 e. The van der Waals surface area contributed by atoms with E-state index < -0.39 is 6.04 Å². The summed E-state index contributed by atoms with van der Waals surface area (Å²) in [5.74, 6) is 3.71. The molecule has 1 amide bonds. The standard InChI is InChI=1S/C23H26N4O3/c1-3-18-7-8-19(14-25)27(18)23(28)15-26-17-5-9-20(10-6-17)30-21-11-4-16(13-24)12-22(21)29-2/h1,4,11-12,17-20,26H,5-10,15H2,2H3/t17-,18-,19-,20-/m0/s1. The summed E-state index contributed by atoms with van der Waals surface area (Å²) < 4.78 is 11.4. The highest BCUT2D eigenvalue weighted by Crippen LogP contribution is 2.32. The van der Waals surface area contributed by atoms with Gasteiger partial charge in [0.2, 0.25) is 5.91 Å². The number of carbonyl (C=O) groups is 1. The summed E-state index contributed by atoms with van der Waals surface area (Å²) in [6, 6.07) is 8.94. The van der Waals surface area contributed by atoms with Crippen molar-refractivity contribution in [2.75, 3.05) is 13.7 Å². The summed E-state index contributed by atoms with van der Waals surface area (Å²) in [4.78, 5) is 14.2. The summed E-state index contributed by atoms with van der Waals surface area (Å²) in [7, 11) is 1.56. The number of nitrogens with zero attached hydrogens (tertiary/aromatic N) is 3. The molecule has 156 valence electrons. The Hall–Kier alpha value is -3.21. The number of rotatable bonds is 6. The molecule has 1 heterocycles. The Labute approximate surface area is 177 Å². The quantitative estimate of drug-likeness (QED) is 0.728. The lowest BCUT2D eigenvalue weighted by atomic mass is 9.93. The van der Waals surface area contributed by atoms with Crippen molar-refractivity contribution in [1.82, 2.24) is 10.2 Å². The summed E-state index contributed by atoms with van der Waals surface area (Å²) in [5.41, 5.74) is 0.528. The van der Waals surface area contributed by atoms with Crippen molar-refractivity contribution in [3.8, 4) is 36.0 Å². The predicted octanol–water partition coefficient (Wildman–Crippen LogP) is 2.36. The van der Waals surface area contributed by atoms with Crippen LogP contribution in [-0.2, 0) is 4.79 Å². The van der Waals surface area contributed by atoms with Gasteiger partial charge in [-0.3, -0.25) is 4.79 Å². The van der Waals surface area contributed by atoms with E-state index >= 15 is 0 Å². The Bertz CT molecular complexity index is 865. The smallest absolute Gasteiger partial charge is 0.238 e. The number of nitrogens with one attached hydrogen (secondary N) is 1. The molecule has 1 aromatic rings. The number of hydrogen-bond acceptors (Lipinski definition) is 6. The van der Waals surface area contributed by atoms with Gasteiger partial charge in [0.1, 0.15) is 6.04 Å². The second-order valence-electron chi connectivity index (χ2n) is 7.66. The summed E-state index contributed by atoms with van der Waals surface area (Å²) >= 11 is 0. The maximum atomic E-state index is 12.6. The van der Waals surface area contributed by atoms with E-state index in [0.717, 1.165) is 25.7 Å². The number of terminal acetylenes is 1. The predicted molar refractivity (Wildman–Crippen MR) is 110 cm³/mol. The van der Waals surface area contributed by atoms with Crippen molar-refractivity contribution in [3.63, 3.8) is 0 Å². The fourth-order valence-electron chi connectivity index (χ4n) is 4.17. The average Bonchev–Trinajstić information content (AvgIpc) is 3.22. The molecule has 1 saturated heterocycles. The van der Waals surface area contributed by atoms with Gasteiger partial charge in [-0.25, -0.2) is 0 Å². The second kappa shape index (κ2) is 10.0. The molecular formula is C23H26N4O3. The number of nitriles is 2. The maximum Gasteiger partial charge on any atom is 0.238 e. The van der Waals surface area contributed by atoms with Crippen LogP contribution in [0.2, 0.25) is 0 Å². The lowest BCUT2D eigenvalue weighted by Gasteiger charge is -2.31. The minimum atomic E-state index is -0.424. The molecule has 1 aliphatic carbocycles. The zero-order valence-electron chi connectivity index (χ0n) is 17.1. The Morgan fingerprint density at radius 2 is 1.90 bits per heavy atom. The van der Waals surface area contributed by atoms with Gasteiger partial charge in [0, 0.05) is 12.1 Å². The van der Waals surface area contributed by atoms with Gasteiger partial charge in [0.15, 0.2) is 11.5 Å². The Morgan fingerprint density at radius 1 is 1.17 bits per heavy atom. The number of methoxy groups -OCH3 is 1. The fourth-order valence-corrected chi connectivity index (χ4v) is 4.17. The normalized spacial score (nSPS) is 25.6. The van der Waals surface area contributed by atoms with Crippen LogP contribution in [0.3, 0.4) is 0 Å². The average molecular weight is 406 g/mol. The van der Waals surface area contributed by atoms with Gasteiger partial charge < -0.3 is 19.7 Å². The van der Waals surface area contributed by atoms with E-state index in [9.17, 15) is 10.1 Å². The lowest BCUT2D eigenvalue weighted by molar-refractivity contribution is -0.131. The highest BCUT2D eigenvalue weighted by Gasteiger charge is 2.36. The van der Waals surface area contributed by atoms with Gasteiger partial charge >= 0.3 is 0 Å². The van der Waals surface area contributed by atoms with Gasteiger partial charge in [-0.05, 0) is 50.7 Å². The number of carbonyl (C=O) groups excluding carboxylic acids is 1. The van der Waals surface area contributed by atoms with Gasteiger partial charge in [-0.15, -0.1) is 6.42 Å². The molecule has 7 nitrogen and oxygen atoms in total. The van der Waals surface area contributed by atoms with Crippen LogP contribution in [0.5, 0.6) is 11.5 Å². The molecule has 0 aromatic heterocycles. The first-order valence-corrected chi connectivity index (χ1v) is 10.2. The molecule has 0 spiro atoms. The van der Waals surface area contributed by atoms with Crippen LogP contribution in [0.1, 0.15) is 44.1 Å². The SMILES string of the molecule is C#C[C@H]1CC[C@@H](C#N)N1C(=O)CN[C@H]1CC[C@H](Oc2ccc(C#N)cc2OC)CC1. The Kier molecular flexibility index (Phi) is 7.17. The summed E-state index contributed by atoms with van der Waals surface area (Å²) in [5, 5.41) is 21.6. The molecule has 0 radical (unpaired) electrons. The fraction of sp³-hybridized carbons (Fsp3) is 0.522. The van der Waals surface area contributed by atoms with Crippen LogP contribution in [0.15, 0.2) is 18.2 Å². The third kappa shape index (κ3) is 4.85. The van der Waals surface area contributed by atoms with Gasteiger partial charge in [0.05, 0.1) is 43.5 Å². The number of hydrogen-bond donors (Lipinski definition) is 1. The van der Waals surface area contributed by atoms with Crippen molar-refractivity contribution < 1.29 is 14.3 Å². The van der Waals surface area contributed by atoms with E-state index in [-0.39, 0.29) is 30.6 Å². The topological polar surface area (TPSA) is 98.4 Å². The van der Waals surface area contributed by atoms with Crippen LogP contribution < -0.4 is 14.8 Å². The number of amides is 1. The number of benzene rings is 1. The van der Waals surface area contributed by atoms with Crippen LogP contribution in [0.25, 0.3) is 0 Å². The van der Waals surface area contributed by atoms with E-state index in [1.807, 2.05) is 0 Å². The zero-order valence-corrected chi connectivity index (χ0v) is 17.1. The Morgan fingerprint density at radius 3 is 2.53 bits per heavy atom. The first-order chi connectivity index (χ1) is 14.6. The molecule has 2 atom stereocenters. The molecule has 30 heavy (non-hydrogen) atoms. The largest absolute Gasteiger partial charge is 0.493 e. The minimum absolute atomic E-state index is 0.0629. The van der Waals surface area contributed by atoms with Crippen molar-refractivity contribution in [2.24, 2.45) is 0 Å². The van der Waals surface area contributed by atoms with Gasteiger partial charge in [-0.2, -0.15) is 10.5 Å². The number of likely N-dealkylation sites (tertiary alicyclic amines) is 1. The molecule has 0 unspecified atom stereocenters.